The van der Waals surface area contributed by atoms with Gasteiger partial charge in [-0.2, -0.15) is 10.1 Å². The Balaban J connectivity index is 1.72. The minimum atomic E-state index is -0.419. The molecule has 0 bridgehead atoms. The molecule has 0 spiro atoms. The van der Waals surface area contributed by atoms with E-state index in [0.29, 0.717) is 11.4 Å². The van der Waals surface area contributed by atoms with E-state index in [1.807, 2.05) is 37.4 Å². The summed E-state index contributed by atoms with van der Waals surface area (Å²) >= 11 is 6.05. The molecule has 0 atom stereocenters. The molecule has 5 nitrogen and oxygen atoms in total. The summed E-state index contributed by atoms with van der Waals surface area (Å²) in [5.74, 6) is 0.253. The van der Waals surface area contributed by atoms with Crippen LogP contribution in [-0.2, 0) is 7.05 Å². The first-order valence-electron chi connectivity index (χ1n) is 7.50. The van der Waals surface area contributed by atoms with E-state index in [0.717, 1.165) is 16.8 Å². The van der Waals surface area contributed by atoms with E-state index in [1.165, 1.54) is 18.2 Å². The highest BCUT2D eigenvalue weighted by atomic mass is 35.5. The van der Waals surface area contributed by atoms with Gasteiger partial charge in [0.1, 0.15) is 5.82 Å². The average molecular weight is 355 g/mol. The van der Waals surface area contributed by atoms with Gasteiger partial charge in [-0.25, -0.2) is 4.39 Å². The molecule has 0 saturated heterocycles. The fraction of sp³-hybridized carbons (Fsp3) is 0.0556. The minimum Gasteiger partial charge on any atom is -0.334 e. The van der Waals surface area contributed by atoms with E-state index in [1.54, 1.807) is 10.9 Å². The topological polar surface area (TPSA) is 56.7 Å². The SMILES string of the molecule is Cn1nccc1-c1cccc(-c2noc(-c3ccc(F)cc3Cl)n2)c1. The van der Waals surface area contributed by atoms with Gasteiger partial charge < -0.3 is 4.52 Å². The third kappa shape index (κ3) is 2.92. The summed E-state index contributed by atoms with van der Waals surface area (Å²) in [7, 11) is 1.88. The Morgan fingerprint density at radius 1 is 1.08 bits per heavy atom. The van der Waals surface area contributed by atoms with Crippen LogP contribution in [0.25, 0.3) is 34.1 Å². The Labute approximate surface area is 147 Å². The van der Waals surface area contributed by atoms with Gasteiger partial charge in [0, 0.05) is 24.4 Å². The highest BCUT2D eigenvalue weighted by Crippen LogP contribution is 2.30. The molecule has 0 N–H and O–H groups in total. The van der Waals surface area contributed by atoms with Crippen molar-refractivity contribution in [2.24, 2.45) is 7.05 Å². The fourth-order valence-electron chi connectivity index (χ4n) is 2.59. The van der Waals surface area contributed by atoms with Gasteiger partial charge in [-0.3, -0.25) is 4.68 Å². The zero-order valence-corrected chi connectivity index (χ0v) is 13.9. The van der Waals surface area contributed by atoms with Gasteiger partial charge in [0.05, 0.1) is 16.3 Å². The van der Waals surface area contributed by atoms with Crippen molar-refractivity contribution in [3.05, 3.63) is 65.6 Å². The van der Waals surface area contributed by atoms with E-state index in [9.17, 15) is 4.39 Å². The molecule has 2 aromatic heterocycles. The lowest BCUT2D eigenvalue weighted by atomic mass is 10.1. The summed E-state index contributed by atoms with van der Waals surface area (Å²) in [5, 5.41) is 8.41. The van der Waals surface area contributed by atoms with Crippen LogP contribution >= 0.6 is 11.6 Å². The minimum absolute atomic E-state index is 0.221. The molecule has 0 radical (unpaired) electrons. The molecule has 0 saturated carbocycles. The molecule has 0 unspecified atom stereocenters. The molecular weight excluding hydrogens is 343 g/mol. The van der Waals surface area contributed by atoms with Crippen LogP contribution in [0.3, 0.4) is 0 Å². The van der Waals surface area contributed by atoms with Gasteiger partial charge in [0.25, 0.3) is 5.89 Å². The molecule has 7 heteroatoms. The number of hydrogen-bond acceptors (Lipinski definition) is 4. The predicted octanol–water partition coefficient (Wildman–Crippen LogP) is 4.60. The number of benzene rings is 2. The Kier molecular flexibility index (Phi) is 3.82. The highest BCUT2D eigenvalue weighted by Gasteiger charge is 2.15. The van der Waals surface area contributed by atoms with Crippen LogP contribution in [0.2, 0.25) is 5.02 Å². The molecule has 0 aliphatic heterocycles. The van der Waals surface area contributed by atoms with Crippen LogP contribution in [0.15, 0.2) is 59.3 Å². The van der Waals surface area contributed by atoms with Crippen molar-refractivity contribution in [3.8, 4) is 34.1 Å². The molecule has 2 aromatic carbocycles. The van der Waals surface area contributed by atoms with E-state index in [-0.39, 0.29) is 10.9 Å². The molecule has 4 rings (SSSR count). The van der Waals surface area contributed by atoms with E-state index in [2.05, 4.69) is 15.2 Å². The van der Waals surface area contributed by atoms with Crippen molar-refractivity contribution in [1.82, 2.24) is 19.9 Å². The third-order valence-corrected chi connectivity index (χ3v) is 4.14. The second-order valence-electron chi connectivity index (χ2n) is 5.47. The molecule has 4 aromatic rings. The predicted molar refractivity (Wildman–Crippen MR) is 92.3 cm³/mol. The van der Waals surface area contributed by atoms with Crippen LogP contribution in [0.5, 0.6) is 0 Å². The van der Waals surface area contributed by atoms with E-state index < -0.39 is 5.82 Å². The largest absolute Gasteiger partial charge is 0.334 e. The van der Waals surface area contributed by atoms with Crippen molar-refractivity contribution in [1.29, 1.82) is 0 Å². The summed E-state index contributed by atoms with van der Waals surface area (Å²) in [6, 6.07) is 13.7. The lowest BCUT2D eigenvalue weighted by molar-refractivity contribution is 0.432. The molecule has 2 heterocycles. The first kappa shape index (κ1) is 15.5. The summed E-state index contributed by atoms with van der Waals surface area (Å²) in [5.41, 5.74) is 3.26. The molecule has 0 aliphatic rings. The highest BCUT2D eigenvalue weighted by molar-refractivity contribution is 6.33. The normalized spacial score (nSPS) is 11.0. The maximum atomic E-state index is 13.2. The van der Waals surface area contributed by atoms with E-state index >= 15 is 0 Å². The number of aromatic nitrogens is 4. The van der Waals surface area contributed by atoms with Crippen molar-refractivity contribution < 1.29 is 8.91 Å². The number of nitrogens with zero attached hydrogens (tertiary/aromatic N) is 4. The van der Waals surface area contributed by atoms with Gasteiger partial charge in [0.2, 0.25) is 5.82 Å². The summed E-state index contributed by atoms with van der Waals surface area (Å²) in [6.45, 7) is 0. The number of rotatable bonds is 3. The Morgan fingerprint density at radius 2 is 1.92 bits per heavy atom. The molecular formula is C18H12ClFN4O. The quantitative estimate of drug-likeness (QED) is 0.539. The Morgan fingerprint density at radius 3 is 2.68 bits per heavy atom. The second kappa shape index (κ2) is 6.14. The second-order valence-corrected chi connectivity index (χ2v) is 5.88. The first-order chi connectivity index (χ1) is 12.1. The molecule has 0 amide bonds. The molecule has 0 aliphatic carbocycles. The summed E-state index contributed by atoms with van der Waals surface area (Å²) in [4.78, 5) is 4.38. The Hall–Kier alpha value is -2.99. The van der Waals surface area contributed by atoms with Crippen molar-refractivity contribution in [2.45, 2.75) is 0 Å². The number of aryl methyl sites for hydroxylation is 1. The average Bonchev–Trinajstić information content (AvgIpc) is 3.24. The molecule has 25 heavy (non-hydrogen) atoms. The summed E-state index contributed by atoms with van der Waals surface area (Å²) < 4.78 is 20.3. The van der Waals surface area contributed by atoms with Gasteiger partial charge in [-0.15, -0.1) is 0 Å². The van der Waals surface area contributed by atoms with Crippen LogP contribution in [0.1, 0.15) is 0 Å². The van der Waals surface area contributed by atoms with Crippen molar-refractivity contribution >= 4 is 11.6 Å². The van der Waals surface area contributed by atoms with Crippen LogP contribution in [-0.4, -0.2) is 19.9 Å². The van der Waals surface area contributed by atoms with Crippen molar-refractivity contribution in [3.63, 3.8) is 0 Å². The number of halogens is 2. The maximum absolute atomic E-state index is 13.2. The number of hydrogen-bond donors (Lipinski definition) is 0. The molecule has 0 fully saturated rings. The third-order valence-electron chi connectivity index (χ3n) is 3.83. The smallest absolute Gasteiger partial charge is 0.259 e. The van der Waals surface area contributed by atoms with E-state index in [4.69, 9.17) is 16.1 Å². The lowest BCUT2D eigenvalue weighted by Gasteiger charge is -2.03. The van der Waals surface area contributed by atoms with Gasteiger partial charge in [-0.1, -0.05) is 35.0 Å². The van der Waals surface area contributed by atoms with Crippen LogP contribution < -0.4 is 0 Å². The standard InChI is InChI=1S/C18H12ClFN4O/c1-24-16(7-8-21-24)11-3-2-4-12(9-11)17-22-18(25-23-17)14-6-5-13(20)10-15(14)19/h2-10H,1H3. The fourth-order valence-corrected chi connectivity index (χ4v) is 2.84. The first-order valence-corrected chi connectivity index (χ1v) is 7.87. The van der Waals surface area contributed by atoms with Crippen molar-refractivity contribution in [2.75, 3.05) is 0 Å². The van der Waals surface area contributed by atoms with Crippen LogP contribution in [0, 0.1) is 5.82 Å². The monoisotopic (exact) mass is 354 g/mol. The molecule has 124 valence electrons. The Bertz CT molecular complexity index is 1060. The van der Waals surface area contributed by atoms with Gasteiger partial charge in [-0.05, 0) is 30.3 Å². The van der Waals surface area contributed by atoms with Crippen LogP contribution in [0.4, 0.5) is 4.39 Å². The van der Waals surface area contributed by atoms with Gasteiger partial charge in [0.15, 0.2) is 0 Å². The zero-order valence-electron chi connectivity index (χ0n) is 13.1. The lowest BCUT2D eigenvalue weighted by Crippen LogP contribution is -1.93. The summed E-state index contributed by atoms with van der Waals surface area (Å²) in [6.07, 6.45) is 1.74. The zero-order chi connectivity index (χ0) is 17.4. The van der Waals surface area contributed by atoms with Gasteiger partial charge >= 0.3 is 0 Å². The maximum Gasteiger partial charge on any atom is 0.259 e.